The standard InChI is InChI=1S/C27H29BrClNO5/c1-5-34-24-9-7-8-21(26(24)28)27(35-6-2)22-14-19(29)11-13-23(22)30(17-31)16-18-10-12-20(32-3)15-25(18)33-4/h7-15,17,27H,5-6,16H2,1-4H3/t27-/m1/s1. The average molecular weight is 563 g/mol. The molecule has 3 rings (SSSR count). The van der Waals surface area contributed by atoms with E-state index in [-0.39, 0.29) is 6.54 Å². The van der Waals surface area contributed by atoms with Gasteiger partial charge < -0.3 is 23.8 Å². The number of nitrogens with zero attached hydrogens (tertiary/aromatic N) is 1. The van der Waals surface area contributed by atoms with E-state index in [1.54, 1.807) is 31.3 Å². The highest BCUT2D eigenvalue weighted by molar-refractivity contribution is 9.10. The second kappa shape index (κ2) is 12.8. The highest BCUT2D eigenvalue weighted by Gasteiger charge is 2.25. The highest BCUT2D eigenvalue weighted by Crippen LogP contribution is 2.41. The van der Waals surface area contributed by atoms with Gasteiger partial charge in [0.05, 0.1) is 31.8 Å². The maximum absolute atomic E-state index is 12.4. The van der Waals surface area contributed by atoms with Gasteiger partial charge in [0.2, 0.25) is 6.41 Å². The Bertz CT molecular complexity index is 1160. The lowest BCUT2D eigenvalue weighted by Crippen LogP contribution is -2.23. The topological polar surface area (TPSA) is 57.2 Å². The summed E-state index contributed by atoms with van der Waals surface area (Å²) in [6.07, 6.45) is 0.300. The summed E-state index contributed by atoms with van der Waals surface area (Å²) in [7, 11) is 3.18. The number of methoxy groups -OCH3 is 2. The molecule has 1 atom stereocenters. The number of ether oxygens (including phenoxy) is 4. The van der Waals surface area contributed by atoms with E-state index in [2.05, 4.69) is 15.9 Å². The molecule has 0 N–H and O–H groups in total. The molecular formula is C27H29BrClNO5. The third-order valence-electron chi connectivity index (χ3n) is 5.45. The Labute approximate surface area is 219 Å². The van der Waals surface area contributed by atoms with Crippen LogP contribution in [-0.2, 0) is 16.1 Å². The number of hydrogen-bond donors (Lipinski definition) is 0. The monoisotopic (exact) mass is 561 g/mol. The maximum atomic E-state index is 12.4. The van der Waals surface area contributed by atoms with Gasteiger partial charge in [-0.25, -0.2) is 0 Å². The molecular weight excluding hydrogens is 534 g/mol. The van der Waals surface area contributed by atoms with Crippen molar-refractivity contribution in [1.82, 2.24) is 0 Å². The quantitative estimate of drug-likeness (QED) is 0.227. The second-order valence-corrected chi connectivity index (χ2v) is 8.77. The van der Waals surface area contributed by atoms with Gasteiger partial charge in [-0.1, -0.05) is 23.7 Å². The fourth-order valence-corrected chi connectivity index (χ4v) is 4.62. The molecule has 0 aromatic heterocycles. The predicted molar refractivity (Wildman–Crippen MR) is 142 cm³/mol. The zero-order valence-electron chi connectivity index (χ0n) is 20.2. The van der Waals surface area contributed by atoms with Crippen LogP contribution in [-0.4, -0.2) is 33.8 Å². The van der Waals surface area contributed by atoms with E-state index in [1.165, 1.54) is 0 Å². The first-order chi connectivity index (χ1) is 17.0. The zero-order valence-corrected chi connectivity index (χ0v) is 22.6. The minimum Gasteiger partial charge on any atom is -0.497 e. The molecule has 0 aliphatic carbocycles. The molecule has 0 heterocycles. The first-order valence-corrected chi connectivity index (χ1v) is 12.4. The van der Waals surface area contributed by atoms with Gasteiger partial charge in [-0.05, 0) is 66.2 Å². The van der Waals surface area contributed by atoms with Crippen molar-refractivity contribution in [2.45, 2.75) is 26.5 Å². The molecule has 8 heteroatoms. The smallest absolute Gasteiger partial charge is 0.214 e. The van der Waals surface area contributed by atoms with Crippen LogP contribution in [0, 0.1) is 0 Å². The molecule has 3 aromatic carbocycles. The van der Waals surface area contributed by atoms with Crippen LogP contribution in [0.15, 0.2) is 59.1 Å². The lowest BCUT2D eigenvalue weighted by Gasteiger charge is -2.27. The third kappa shape index (κ3) is 6.28. The van der Waals surface area contributed by atoms with Crippen molar-refractivity contribution in [3.8, 4) is 17.2 Å². The highest BCUT2D eigenvalue weighted by atomic mass is 79.9. The molecule has 0 aliphatic heterocycles. The van der Waals surface area contributed by atoms with Gasteiger partial charge in [-0.3, -0.25) is 4.79 Å². The molecule has 0 unspecified atom stereocenters. The molecule has 6 nitrogen and oxygen atoms in total. The molecule has 1 amide bonds. The Morgan fingerprint density at radius 1 is 0.971 bits per heavy atom. The fraction of sp³-hybridized carbons (Fsp3) is 0.296. The summed E-state index contributed by atoms with van der Waals surface area (Å²) in [5.74, 6) is 2.01. The van der Waals surface area contributed by atoms with Crippen LogP contribution < -0.4 is 19.1 Å². The van der Waals surface area contributed by atoms with Crippen molar-refractivity contribution in [3.63, 3.8) is 0 Å². The number of rotatable bonds is 12. The van der Waals surface area contributed by atoms with Crippen molar-refractivity contribution in [2.24, 2.45) is 0 Å². The van der Waals surface area contributed by atoms with E-state index in [4.69, 9.17) is 30.5 Å². The normalized spacial score (nSPS) is 11.6. The van der Waals surface area contributed by atoms with Crippen molar-refractivity contribution < 1.29 is 23.7 Å². The summed E-state index contributed by atoms with van der Waals surface area (Å²) < 4.78 is 23.6. The Hall–Kier alpha value is -2.74. The van der Waals surface area contributed by atoms with Crippen LogP contribution in [0.1, 0.15) is 36.6 Å². The minimum absolute atomic E-state index is 0.282. The van der Waals surface area contributed by atoms with Gasteiger partial charge in [-0.2, -0.15) is 0 Å². The number of carbonyl (C=O) groups excluding carboxylic acids is 1. The van der Waals surface area contributed by atoms with Crippen LogP contribution in [0.4, 0.5) is 5.69 Å². The Morgan fingerprint density at radius 2 is 1.77 bits per heavy atom. The summed E-state index contributed by atoms with van der Waals surface area (Å²) >= 11 is 10.1. The van der Waals surface area contributed by atoms with Crippen molar-refractivity contribution in [1.29, 1.82) is 0 Å². The largest absolute Gasteiger partial charge is 0.497 e. The maximum Gasteiger partial charge on any atom is 0.214 e. The molecule has 0 bridgehead atoms. The first-order valence-electron chi connectivity index (χ1n) is 11.2. The van der Waals surface area contributed by atoms with Crippen LogP contribution in [0.5, 0.6) is 17.2 Å². The number of amides is 1. The number of hydrogen-bond acceptors (Lipinski definition) is 5. The summed E-state index contributed by atoms with van der Waals surface area (Å²) in [5.41, 5.74) is 3.13. The lowest BCUT2D eigenvalue weighted by atomic mass is 9.98. The molecule has 3 aromatic rings. The minimum atomic E-state index is -0.497. The molecule has 0 saturated carbocycles. The Balaban J connectivity index is 2.10. The summed E-state index contributed by atoms with van der Waals surface area (Å²) in [6.45, 7) is 5.13. The number of carbonyl (C=O) groups is 1. The van der Waals surface area contributed by atoms with E-state index < -0.39 is 6.10 Å². The Kier molecular flexibility index (Phi) is 9.83. The number of anilines is 1. The van der Waals surface area contributed by atoms with Crippen LogP contribution in [0.2, 0.25) is 5.02 Å². The molecule has 35 heavy (non-hydrogen) atoms. The van der Waals surface area contributed by atoms with E-state index in [1.807, 2.05) is 56.3 Å². The van der Waals surface area contributed by atoms with Crippen LogP contribution >= 0.6 is 27.5 Å². The van der Waals surface area contributed by atoms with Crippen molar-refractivity contribution in [3.05, 3.63) is 80.8 Å². The van der Waals surface area contributed by atoms with E-state index >= 15 is 0 Å². The summed E-state index contributed by atoms with van der Waals surface area (Å²) in [4.78, 5) is 14.0. The van der Waals surface area contributed by atoms with E-state index in [0.29, 0.717) is 41.2 Å². The van der Waals surface area contributed by atoms with Crippen molar-refractivity contribution >= 4 is 39.6 Å². The molecule has 186 valence electrons. The van der Waals surface area contributed by atoms with Gasteiger partial charge in [0.1, 0.15) is 23.4 Å². The molecule has 0 radical (unpaired) electrons. The van der Waals surface area contributed by atoms with E-state index in [9.17, 15) is 4.79 Å². The molecule has 0 saturated heterocycles. The molecule has 0 aliphatic rings. The summed E-state index contributed by atoms with van der Waals surface area (Å²) in [6, 6.07) is 16.7. The number of benzene rings is 3. The van der Waals surface area contributed by atoms with Gasteiger partial charge in [0.15, 0.2) is 0 Å². The van der Waals surface area contributed by atoms with E-state index in [0.717, 1.165) is 27.6 Å². The zero-order chi connectivity index (χ0) is 25.4. The summed E-state index contributed by atoms with van der Waals surface area (Å²) in [5, 5.41) is 0.540. The second-order valence-electron chi connectivity index (χ2n) is 7.54. The molecule has 0 fully saturated rings. The number of halogens is 2. The first kappa shape index (κ1) is 26.9. The van der Waals surface area contributed by atoms with Crippen molar-refractivity contribution in [2.75, 3.05) is 32.3 Å². The fourth-order valence-electron chi connectivity index (χ4n) is 3.85. The van der Waals surface area contributed by atoms with Gasteiger partial charge >= 0.3 is 0 Å². The SMILES string of the molecule is CCOc1cccc([C@@H](OCC)c2cc(Cl)ccc2N(C=O)Cc2ccc(OC)cc2OC)c1Br. The lowest BCUT2D eigenvalue weighted by molar-refractivity contribution is -0.107. The Morgan fingerprint density at radius 3 is 2.43 bits per heavy atom. The van der Waals surface area contributed by atoms with Crippen LogP contribution in [0.25, 0.3) is 0 Å². The van der Waals surface area contributed by atoms with Gasteiger partial charge in [0.25, 0.3) is 0 Å². The molecule has 0 spiro atoms. The third-order valence-corrected chi connectivity index (χ3v) is 6.54. The predicted octanol–water partition coefficient (Wildman–Crippen LogP) is 6.81. The van der Waals surface area contributed by atoms with Gasteiger partial charge in [-0.15, -0.1) is 0 Å². The van der Waals surface area contributed by atoms with Crippen LogP contribution in [0.3, 0.4) is 0 Å². The van der Waals surface area contributed by atoms with Gasteiger partial charge in [0, 0.05) is 40.1 Å². The average Bonchev–Trinajstić information content (AvgIpc) is 2.87.